The van der Waals surface area contributed by atoms with Gasteiger partial charge in [0.1, 0.15) is 0 Å². The van der Waals surface area contributed by atoms with E-state index in [-0.39, 0.29) is 22.4 Å². The number of nitrogens with two attached hydrogens (primary N) is 1. The van der Waals surface area contributed by atoms with Crippen LogP contribution in [-0.4, -0.2) is 40.8 Å². The average molecular weight is 514 g/mol. The Morgan fingerprint density at radius 2 is 1.74 bits per heavy atom. The second-order valence-electron chi connectivity index (χ2n) is 7.03. The van der Waals surface area contributed by atoms with Gasteiger partial charge >= 0.3 is 5.97 Å². The number of hydrogen-bond donors (Lipinski definition) is 3. The van der Waals surface area contributed by atoms with Crippen molar-refractivity contribution in [2.75, 3.05) is 12.4 Å². The van der Waals surface area contributed by atoms with Crippen molar-refractivity contribution in [1.29, 1.82) is 0 Å². The minimum atomic E-state index is -1.16. The van der Waals surface area contributed by atoms with Crippen LogP contribution < -0.4 is 15.8 Å². The van der Waals surface area contributed by atoms with E-state index >= 15 is 0 Å². The molecule has 3 aromatic rings. The molecule has 0 fully saturated rings. The lowest BCUT2D eigenvalue weighted by Gasteiger charge is -2.18. The lowest BCUT2D eigenvalue weighted by Crippen LogP contribution is -2.27. The van der Waals surface area contributed by atoms with Gasteiger partial charge < -0.3 is 20.9 Å². The highest BCUT2D eigenvalue weighted by molar-refractivity contribution is 6.42. The quantitative estimate of drug-likeness (QED) is 0.351. The van der Waals surface area contributed by atoms with Crippen LogP contribution in [0.15, 0.2) is 60.3 Å². The number of rotatable bonds is 4. The van der Waals surface area contributed by atoms with Crippen molar-refractivity contribution < 1.29 is 29.0 Å². The monoisotopic (exact) mass is 513 g/mol. The molecular formula is C24H17Cl2N3O6. The van der Waals surface area contributed by atoms with Crippen LogP contribution in [0.1, 0.15) is 36.6 Å². The first kappa shape index (κ1) is 25.4. The maximum absolute atomic E-state index is 12.6. The van der Waals surface area contributed by atoms with Crippen molar-refractivity contribution in [3.05, 3.63) is 92.6 Å². The number of hydrogen-bond acceptors (Lipinski definition) is 6. The number of aromatic nitrogens is 1. The van der Waals surface area contributed by atoms with Crippen molar-refractivity contribution in [1.82, 2.24) is 4.98 Å². The molecule has 11 heteroatoms. The molecule has 1 aliphatic heterocycles. The largest absolute Gasteiger partial charge is 0.481 e. The number of methoxy groups -OCH3 is 1. The van der Waals surface area contributed by atoms with Crippen molar-refractivity contribution in [2.45, 2.75) is 0 Å². The fraction of sp³-hybridized carbons (Fsp3) is 0.0417. The highest BCUT2D eigenvalue weighted by Crippen LogP contribution is 2.29. The number of aromatic carboxylic acids is 1. The topological polar surface area (TPSA) is 149 Å². The third-order valence-corrected chi connectivity index (χ3v) is 5.47. The van der Waals surface area contributed by atoms with Crippen LogP contribution in [0, 0.1) is 0 Å². The molecular weight excluding hydrogens is 497 g/mol. The van der Waals surface area contributed by atoms with Gasteiger partial charge in [-0.05, 0) is 48.0 Å². The van der Waals surface area contributed by atoms with E-state index < -0.39 is 23.6 Å². The van der Waals surface area contributed by atoms with E-state index in [0.717, 1.165) is 0 Å². The van der Waals surface area contributed by atoms with Crippen LogP contribution in [0.2, 0.25) is 10.0 Å². The highest BCUT2D eigenvalue weighted by Gasteiger charge is 2.29. The summed E-state index contributed by atoms with van der Waals surface area (Å²) in [4.78, 5) is 50.1. The van der Waals surface area contributed by atoms with E-state index in [1.54, 1.807) is 24.3 Å². The van der Waals surface area contributed by atoms with Gasteiger partial charge in [0.25, 0.3) is 5.91 Å². The first-order valence-corrected chi connectivity index (χ1v) is 10.6. The van der Waals surface area contributed by atoms with Gasteiger partial charge in [0, 0.05) is 17.8 Å². The summed E-state index contributed by atoms with van der Waals surface area (Å²) in [5, 5.41) is 12.3. The third kappa shape index (κ3) is 6.03. The van der Waals surface area contributed by atoms with E-state index in [1.165, 1.54) is 43.6 Å². The maximum atomic E-state index is 12.6. The molecule has 1 aliphatic rings. The summed E-state index contributed by atoms with van der Waals surface area (Å²) in [6, 6.07) is 11.8. The van der Waals surface area contributed by atoms with Gasteiger partial charge in [0.05, 0.1) is 39.5 Å². The molecule has 1 aromatic heterocycles. The number of nitrogens with one attached hydrogen (secondary N) is 1. The summed E-state index contributed by atoms with van der Waals surface area (Å²) in [7, 11) is 1.51. The zero-order valence-electron chi connectivity index (χ0n) is 18.0. The number of Topliss-reactive ketones (excluding diaryl/α,β-unsaturated/α-hetero) is 1. The molecule has 4 rings (SSSR count). The fourth-order valence-corrected chi connectivity index (χ4v) is 3.27. The summed E-state index contributed by atoms with van der Waals surface area (Å²) in [6.45, 7) is 0. The number of pyridine rings is 1. The lowest BCUT2D eigenvalue weighted by molar-refractivity contribution is -0.112. The van der Waals surface area contributed by atoms with Gasteiger partial charge in [0.2, 0.25) is 17.6 Å². The molecule has 0 unspecified atom stereocenters. The fourth-order valence-electron chi connectivity index (χ4n) is 2.96. The summed E-state index contributed by atoms with van der Waals surface area (Å²) in [5.41, 5.74) is 6.16. The predicted molar refractivity (Wildman–Crippen MR) is 130 cm³/mol. The van der Waals surface area contributed by atoms with Crippen LogP contribution in [0.3, 0.4) is 0 Å². The first-order chi connectivity index (χ1) is 16.6. The van der Waals surface area contributed by atoms with Gasteiger partial charge in [-0.25, -0.2) is 9.78 Å². The number of anilines is 1. The average Bonchev–Trinajstić information content (AvgIpc) is 2.84. The van der Waals surface area contributed by atoms with Crippen LogP contribution in [-0.2, 0) is 4.79 Å². The second kappa shape index (κ2) is 10.8. The Hall–Kier alpha value is -4.21. The van der Waals surface area contributed by atoms with E-state index in [2.05, 4.69) is 10.3 Å². The minimum absolute atomic E-state index is 0.0351. The Bertz CT molecular complexity index is 1370. The van der Waals surface area contributed by atoms with Gasteiger partial charge in [-0.3, -0.25) is 14.4 Å². The molecule has 0 atom stereocenters. The molecule has 0 saturated heterocycles. The molecule has 9 nitrogen and oxygen atoms in total. The SMILES string of the molecule is COc1ccc(C(N)=O)cn1.O=C1Nc2ccc(C(=O)O)cc2C(=O)/C1=C/c1ccc(Cl)c(Cl)c1. The summed E-state index contributed by atoms with van der Waals surface area (Å²) >= 11 is 11.8. The number of benzene rings is 2. The number of nitrogens with zero attached hydrogens (tertiary/aromatic N) is 1. The molecule has 178 valence electrons. The highest BCUT2D eigenvalue weighted by atomic mass is 35.5. The molecule has 0 bridgehead atoms. The van der Waals surface area contributed by atoms with Crippen molar-refractivity contribution in [3.63, 3.8) is 0 Å². The van der Waals surface area contributed by atoms with Gasteiger partial charge in [0.15, 0.2) is 0 Å². The Labute approximate surface area is 209 Å². The van der Waals surface area contributed by atoms with Crippen molar-refractivity contribution in [3.8, 4) is 5.88 Å². The molecule has 0 saturated carbocycles. The third-order valence-electron chi connectivity index (χ3n) is 4.73. The number of carboxylic acid groups (broad SMARTS) is 1. The standard InChI is InChI=1S/C17H9Cl2NO4.C7H8N2O2/c18-12-3-1-8(6-13(12)19)5-11-15(21)10-7-9(17(23)24)2-4-14(10)20-16(11)22;1-11-6-3-2-5(4-9-6)7(8)10/h1-7H,(H,20,22)(H,23,24);2-4H,1H3,(H2,8,10)/b11-5-;. The molecule has 2 heterocycles. The number of ether oxygens (including phenoxy) is 1. The molecule has 2 amide bonds. The zero-order valence-corrected chi connectivity index (χ0v) is 19.6. The normalized spacial score (nSPS) is 13.3. The first-order valence-electron chi connectivity index (χ1n) is 9.80. The van der Waals surface area contributed by atoms with Crippen LogP contribution >= 0.6 is 23.2 Å². The zero-order chi connectivity index (χ0) is 25.7. The number of carbonyl (C=O) groups is 4. The Kier molecular flexibility index (Phi) is 7.85. The number of halogens is 2. The van der Waals surface area contributed by atoms with Gasteiger partial charge in [-0.2, -0.15) is 0 Å². The van der Waals surface area contributed by atoms with E-state index in [4.69, 9.17) is 38.8 Å². The van der Waals surface area contributed by atoms with Crippen molar-refractivity contribution in [2.24, 2.45) is 5.73 Å². The molecule has 0 aliphatic carbocycles. The smallest absolute Gasteiger partial charge is 0.335 e. The Morgan fingerprint density at radius 3 is 2.31 bits per heavy atom. The molecule has 4 N–H and O–H groups in total. The molecule has 2 aromatic carbocycles. The number of fused-ring (bicyclic) bond motifs is 1. The molecule has 0 spiro atoms. The number of primary amides is 1. The summed E-state index contributed by atoms with van der Waals surface area (Å²) < 4.78 is 4.79. The Balaban J connectivity index is 0.000000261. The van der Waals surface area contributed by atoms with Gasteiger partial charge in [-0.1, -0.05) is 29.3 Å². The number of ketones is 1. The Morgan fingerprint density at radius 1 is 1.03 bits per heavy atom. The second-order valence-corrected chi connectivity index (χ2v) is 7.85. The summed E-state index contributed by atoms with van der Waals surface area (Å²) in [5.74, 6) is -2.29. The van der Waals surface area contributed by atoms with Crippen LogP contribution in [0.5, 0.6) is 5.88 Å². The number of carboxylic acids is 1. The van der Waals surface area contributed by atoms with Gasteiger partial charge in [-0.15, -0.1) is 0 Å². The number of amides is 2. The van der Waals surface area contributed by atoms with E-state index in [0.29, 0.717) is 27.1 Å². The van der Waals surface area contributed by atoms with Crippen LogP contribution in [0.25, 0.3) is 6.08 Å². The molecule has 0 radical (unpaired) electrons. The predicted octanol–water partition coefficient (Wildman–Crippen LogP) is 4.10. The number of carbonyl (C=O) groups excluding carboxylic acids is 3. The molecule has 35 heavy (non-hydrogen) atoms. The van der Waals surface area contributed by atoms with Crippen molar-refractivity contribution >= 4 is 58.5 Å². The van der Waals surface area contributed by atoms with E-state index in [1.807, 2.05) is 0 Å². The minimum Gasteiger partial charge on any atom is -0.481 e. The summed E-state index contributed by atoms with van der Waals surface area (Å²) in [6.07, 6.45) is 2.76. The van der Waals surface area contributed by atoms with Crippen LogP contribution in [0.4, 0.5) is 5.69 Å². The lowest BCUT2D eigenvalue weighted by atomic mass is 9.94. The van der Waals surface area contributed by atoms with E-state index in [9.17, 15) is 19.2 Å². The maximum Gasteiger partial charge on any atom is 0.335 e.